The minimum Gasteiger partial charge on any atom is -0.497 e. The molecule has 0 spiro atoms. The third kappa shape index (κ3) is 4.94. The zero-order valence-electron chi connectivity index (χ0n) is 19.3. The van der Waals surface area contributed by atoms with Crippen LogP contribution in [0, 0.1) is 12.8 Å². The summed E-state index contributed by atoms with van der Waals surface area (Å²) in [5.74, 6) is -0.594. The lowest BCUT2D eigenvalue weighted by atomic mass is 9.90. The van der Waals surface area contributed by atoms with Gasteiger partial charge in [-0.3, -0.25) is 14.9 Å². The Morgan fingerprint density at radius 3 is 2.52 bits per heavy atom. The van der Waals surface area contributed by atoms with Crippen molar-refractivity contribution in [2.75, 3.05) is 44.8 Å². The topological polar surface area (TPSA) is 83.5 Å². The number of hydrogen-bond acceptors (Lipinski definition) is 7. The van der Waals surface area contributed by atoms with Gasteiger partial charge in [0, 0.05) is 37.9 Å². The van der Waals surface area contributed by atoms with Gasteiger partial charge in [-0.25, -0.2) is 4.99 Å². The molecule has 2 heterocycles. The molecule has 1 fully saturated rings. The number of methoxy groups -OCH3 is 1. The van der Waals surface area contributed by atoms with Crippen LogP contribution in [0.5, 0.6) is 5.75 Å². The number of amides is 1. The molecule has 4 rings (SSSR count). The largest absolute Gasteiger partial charge is 0.497 e. The Hall–Kier alpha value is -3.55. The summed E-state index contributed by atoms with van der Waals surface area (Å²) in [7, 11) is 1.66. The maximum absolute atomic E-state index is 13.0. The van der Waals surface area contributed by atoms with Crippen LogP contribution in [0.15, 0.2) is 53.5 Å². The number of aryl methyl sites for hydroxylation is 1. The van der Waals surface area contributed by atoms with Gasteiger partial charge in [0.25, 0.3) is 0 Å². The van der Waals surface area contributed by atoms with Gasteiger partial charge in [0.2, 0.25) is 11.9 Å². The summed E-state index contributed by atoms with van der Waals surface area (Å²) in [6, 6.07) is 15.1. The van der Waals surface area contributed by atoms with Crippen LogP contribution in [0.4, 0.5) is 5.69 Å². The number of guanidine groups is 1. The van der Waals surface area contributed by atoms with Crippen LogP contribution in [-0.2, 0) is 14.3 Å². The fraction of sp³-hybridized carbons (Fsp3) is 0.400. The number of aliphatic imine (C=N–C) groups is 1. The number of hydrogen-bond donors (Lipinski definition) is 1. The Morgan fingerprint density at radius 2 is 1.82 bits per heavy atom. The molecule has 33 heavy (non-hydrogen) atoms. The molecule has 2 aliphatic rings. The second kappa shape index (κ2) is 9.94. The third-order valence-corrected chi connectivity index (χ3v) is 6.02. The van der Waals surface area contributed by atoms with Gasteiger partial charge in [-0.05, 0) is 31.5 Å². The van der Waals surface area contributed by atoms with Crippen molar-refractivity contribution in [1.29, 1.82) is 0 Å². The number of carbonyl (C=O) groups excluding carboxylic acids is 2. The SMILES string of the molecule is CCOC(=O)[C@H]1C(=O)NC(N2CCN(c3cccc(OC)c3)CC2)=N[C@H]1c1cccc(C)c1. The fourth-order valence-electron chi connectivity index (χ4n) is 4.30. The Labute approximate surface area is 194 Å². The van der Waals surface area contributed by atoms with Crippen LogP contribution in [0.2, 0.25) is 0 Å². The van der Waals surface area contributed by atoms with Crippen LogP contribution in [0.1, 0.15) is 24.1 Å². The first-order valence-corrected chi connectivity index (χ1v) is 11.3. The van der Waals surface area contributed by atoms with Crippen molar-refractivity contribution >= 4 is 23.5 Å². The van der Waals surface area contributed by atoms with Crippen molar-refractivity contribution in [2.45, 2.75) is 19.9 Å². The van der Waals surface area contributed by atoms with Crippen molar-refractivity contribution in [3.05, 3.63) is 59.7 Å². The molecule has 2 aromatic carbocycles. The van der Waals surface area contributed by atoms with Crippen LogP contribution < -0.4 is 15.0 Å². The zero-order chi connectivity index (χ0) is 23.4. The molecule has 8 nitrogen and oxygen atoms in total. The molecule has 1 saturated heterocycles. The third-order valence-electron chi connectivity index (χ3n) is 6.02. The minimum absolute atomic E-state index is 0.214. The monoisotopic (exact) mass is 450 g/mol. The summed E-state index contributed by atoms with van der Waals surface area (Å²) < 4.78 is 10.5. The van der Waals surface area contributed by atoms with Crippen LogP contribution in [0.3, 0.4) is 0 Å². The van der Waals surface area contributed by atoms with Crippen LogP contribution >= 0.6 is 0 Å². The molecular weight excluding hydrogens is 420 g/mol. The van der Waals surface area contributed by atoms with Gasteiger partial charge < -0.3 is 19.3 Å². The second-order valence-electron chi connectivity index (χ2n) is 8.21. The number of rotatable bonds is 5. The van der Waals surface area contributed by atoms with Gasteiger partial charge in [-0.15, -0.1) is 0 Å². The molecule has 2 aliphatic heterocycles. The standard InChI is InChI=1S/C25H30N4O4/c1-4-33-24(31)21-22(18-8-5-7-17(2)15-18)26-25(27-23(21)30)29-13-11-28(12-14-29)19-9-6-10-20(16-19)32-3/h5-10,15-16,21-22H,4,11-14H2,1-3H3,(H,26,27,30)/t21-,22+/m1/s1. The first-order chi connectivity index (χ1) is 16.0. The molecule has 2 aromatic rings. The molecule has 2 atom stereocenters. The number of carbonyl (C=O) groups is 2. The van der Waals surface area contributed by atoms with E-state index in [0.717, 1.165) is 35.7 Å². The fourth-order valence-corrected chi connectivity index (χ4v) is 4.30. The summed E-state index contributed by atoms with van der Waals surface area (Å²) in [5.41, 5.74) is 2.98. The highest BCUT2D eigenvalue weighted by atomic mass is 16.5. The molecule has 8 heteroatoms. The zero-order valence-corrected chi connectivity index (χ0v) is 19.3. The van der Waals surface area contributed by atoms with E-state index in [9.17, 15) is 9.59 Å². The molecule has 0 aromatic heterocycles. The number of esters is 1. The number of benzene rings is 2. The van der Waals surface area contributed by atoms with E-state index in [0.29, 0.717) is 19.0 Å². The van der Waals surface area contributed by atoms with Gasteiger partial charge in [0.1, 0.15) is 11.8 Å². The maximum Gasteiger partial charge on any atom is 0.321 e. The highest BCUT2D eigenvalue weighted by molar-refractivity contribution is 6.08. The van der Waals surface area contributed by atoms with E-state index in [1.807, 2.05) is 49.4 Å². The highest BCUT2D eigenvalue weighted by Gasteiger charge is 2.42. The Bertz CT molecular complexity index is 1050. The molecule has 0 aliphatic carbocycles. The summed E-state index contributed by atoms with van der Waals surface area (Å²) in [4.78, 5) is 34.9. The van der Waals surface area contributed by atoms with E-state index in [-0.39, 0.29) is 12.5 Å². The molecule has 0 unspecified atom stereocenters. The minimum atomic E-state index is -1.01. The Kier molecular flexibility index (Phi) is 6.82. The van der Waals surface area contributed by atoms with Crippen molar-refractivity contribution in [3.63, 3.8) is 0 Å². The normalized spacial score (nSPS) is 20.7. The predicted molar refractivity (Wildman–Crippen MR) is 126 cm³/mol. The van der Waals surface area contributed by atoms with E-state index >= 15 is 0 Å². The van der Waals surface area contributed by atoms with E-state index in [4.69, 9.17) is 14.5 Å². The highest BCUT2D eigenvalue weighted by Crippen LogP contribution is 2.31. The number of nitrogens with zero attached hydrogens (tertiary/aromatic N) is 3. The molecule has 1 N–H and O–H groups in total. The quantitative estimate of drug-likeness (QED) is 0.557. The van der Waals surface area contributed by atoms with Gasteiger partial charge in [-0.1, -0.05) is 35.9 Å². The molecule has 0 saturated carbocycles. The van der Waals surface area contributed by atoms with Crippen molar-refractivity contribution < 1.29 is 19.1 Å². The van der Waals surface area contributed by atoms with Gasteiger partial charge in [-0.2, -0.15) is 0 Å². The second-order valence-corrected chi connectivity index (χ2v) is 8.21. The predicted octanol–water partition coefficient (Wildman–Crippen LogP) is 2.53. The molecule has 1 amide bonds. The maximum atomic E-state index is 13.0. The number of ether oxygens (including phenoxy) is 2. The summed E-state index contributed by atoms with van der Waals surface area (Å²) in [5, 5.41) is 2.86. The lowest BCUT2D eigenvalue weighted by Crippen LogP contribution is -2.57. The Morgan fingerprint density at radius 1 is 1.09 bits per heavy atom. The summed E-state index contributed by atoms with van der Waals surface area (Å²) in [6.45, 7) is 6.87. The lowest BCUT2D eigenvalue weighted by Gasteiger charge is -2.39. The molecule has 0 radical (unpaired) electrons. The van der Waals surface area contributed by atoms with E-state index in [1.54, 1.807) is 14.0 Å². The van der Waals surface area contributed by atoms with E-state index < -0.39 is 17.9 Å². The van der Waals surface area contributed by atoms with Crippen LogP contribution in [-0.4, -0.2) is 62.6 Å². The first kappa shape index (κ1) is 22.6. The smallest absolute Gasteiger partial charge is 0.321 e. The van der Waals surface area contributed by atoms with Crippen molar-refractivity contribution in [3.8, 4) is 5.75 Å². The average Bonchev–Trinajstić information content (AvgIpc) is 2.83. The number of piperazine rings is 1. The first-order valence-electron chi connectivity index (χ1n) is 11.3. The van der Waals surface area contributed by atoms with Crippen molar-refractivity contribution in [1.82, 2.24) is 10.2 Å². The van der Waals surface area contributed by atoms with E-state index in [2.05, 4.69) is 21.2 Å². The molecule has 0 bridgehead atoms. The lowest BCUT2D eigenvalue weighted by molar-refractivity contribution is -0.153. The van der Waals surface area contributed by atoms with Gasteiger partial charge >= 0.3 is 5.97 Å². The summed E-state index contributed by atoms with van der Waals surface area (Å²) >= 11 is 0. The average molecular weight is 451 g/mol. The van der Waals surface area contributed by atoms with Gasteiger partial charge in [0.05, 0.1) is 13.7 Å². The molecular formula is C25H30N4O4. The van der Waals surface area contributed by atoms with E-state index in [1.165, 1.54) is 0 Å². The Balaban J connectivity index is 1.55. The number of nitrogens with one attached hydrogen (secondary N) is 1. The summed E-state index contributed by atoms with van der Waals surface area (Å²) in [6.07, 6.45) is 0. The number of anilines is 1. The van der Waals surface area contributed by atoms with Crippen LogP contribution in [0.25, 0.3) is 0 Å². The van der Waals surface area contributed by atoms with Crippen molar-refractivity contribution in [2.24, 2.45) is 10.9 Å². The van der Waals surface area contributed by atoms with Gasteiger partial charge in [0.15, 0.2) is 5.92 Å². The molecule has 174 valence electrons.